The van der Waals surface area contributed by atoms with Crippen LogP contribution in [0.3, 0.4) is 0 Å². The van der Waals surface area contributed by atoms with Crippen LogP contribution in [0.2, 0.25) is 0 Å². The molecule has 0 spiro atoms. The van der Waals surface area contributed by atoms with Crippen LogP contribution in [0.4, 0.5) is 0 Å². The maximum absolute atomic E-state index is 11.4. The highest BCUT2D eigenvalue weighted by Gasteiger charge is 2.07. The Labute approximate surface area is 103 Å². The quantitative estimate of drug-likeness (QED) is 0.474. The van der Waals surface area contributed by atoms with Crippen molar-refractivity contribution in [2.75, 3.05) is 20.3 Å². The fourth-order valence-electron chi connectivity index (χ4n) is 1.38. The van der Waals surface area contributed by atoms with Crippen LogP contribution in [0.1, 0.15) is 32.6 Å². The van der Waals surface area contributed by atoms with Gasteiger partial charge in [0.25, 0.3) is 0 Å². The lowest BCUT2D eigenvalue weighted by molar-refractivity contribution is -0.122. The van der Waals surface area contributed by atoms with Crippen molar-refractivity contribution in [2.45, 2.75) is 32.6 Å². The zero-order valence-corrected chi connectivity index (χ0v) is 10.9. The van der Waals surface area contributed by atoms with Crippen LogP contribution in [0.5, 0.6) is 0 Å². The molecule has 1 amide bonds. The van der Waals surface area contributed by atoms with Crippen molar-refractivity contribution >= 4 is 23.1 Å². The maximum Gasteiger partial charge on any atom is 0.220 e. The average Bonchev–Trinajstić information content (AvgIpc) is 2.16. The molecule has 0 rings (SSSR count). The Morgan fingerprint density at radius 2 is 2.19 bits per heavy atom. The largest absolute Gasteiger partial charge is 0.393 e. The molecule has 0 aromatic carbocycles. The predicted octanol–water partition coefficient (Wildman–Crippen LogP) is 1.23. The summed E-state index contributed by atoms with van der Waals surface area (Å²) in [7, 11) is 1.64. The topological polar surface area (TPSA) is 64.3 Å². The Kier molecular flexibility index (Phi) is 9.13. The van der Waals surface area contributed by atoms with E-state index in [1.54, 1.807) is 7.11 Å². The molecule has 1 atom stereocenters. The number of thiocarbonyl (C=S) groups is 1. The smallest absolute Gasteiger partial charge is 0.220 e. The zero-order chi connectivity index (χ0) is 12.4. The summed E-state index contributed by atoms with van der Waals surface area (Å²) in [6.07, 6.45) is 3.12. The number of hydrogen-bond acceptors (Lipinski definition) is 3. The molecule has 0 fully saturated rings. The molecule has 5 heteroatoms. The highest BCUT2D eigenvalue weighted by atomic mass is 32.1. The first-order chi connectivity index (χ1) is 7.56. The molecule has 3 N–H and O–H groups in total. The van der Waals surface area contributed by atoms with Gasteiger partial charge in [-0.2, -0.15) is 0 Å². The van der Waals surface area contributed by atoms with Crippen molar-refractivity contribution in [3.8, 4) is 0 Å². The molecule has 0 aliphatic carbocycles. The van der Waals surface area contributed by atoms with Gasteiger partial charge in [-0.3, -0.25) is 4.79 Å². The summed E-state index contributed by atoms with van der Waals surface area (Å²) in [5.74, 6) is 0.349. The van der Waals surface area contributed by atoms with E-state index >= 15 is 0 Å². The third-order valence-electron chi connectivity index (χ3n) is 2.16. The number of hydrogen-bond donors (Lipinski definition) is 2. The lowest BCUT2D eigenvalue weighted by Crippen LogP contribution is -2.27. The highest BCUT2D eigenvalue weighted by Crippen LogP contribution is 2.01. The Morgan fingerprint density at radius 3 is 2.75 bits per heavy atom. The van der Waals surface area contributed by atoms with Crippen LogP contribution >= 0.6 is 12.2 Å². The molecule has 4 nitrogen and oxygen atoms in total. The van der Waals surface area contributed by atoms with Crippen molar-refractivity contribution in [1.82, 2.24) is 5.32 Å². The predicted molar refractivity (Wildman–Crippen MR) is 69.3 cm³/mol. The minimum absolute atomic E-state index is 0.0832. The number of amides is 1. The minimum atomic E-state index is 0.0832. The molecule has 94 valence electrons. The summed E-state index contributed by atoms with van der Waals surface area (Å²) in [4.78, 5) is 11.9. The summed E-state index contributed by atoms with van der Waals surface area (Å²) < 4.78 is 4.97. The van der Waals surface area contributed by atoms with E-state index in [0.29, 0.717) is 24.6 Å². The standard InChI is InChI=1S/C11H22N2O2S/c1-9(8-15-2)7-11(14)13-6-4-3-5-10(12)16/h9H,3-8H2,1-2H3,(H2,12,16)(H,13,14). The minimum Gasteiger partial charge on any atom is -0.393 e. The van der Waals surface area contributed by atoms with Crippen molar-refractivity contribution in [3.05, 3.63) is 0 Å². The van der Waals surface area contributed by atoms with Gasteiger partial charge < -0.3 is 15.8 Å². The third-order valence-corrected chi connectivity index (χ3v) is 2.36. The fourth-order valence-corrected chi connectivity index (χ4v) is 1.53. The van der Waals surface area contributed by atoms with Crippen molar-refractivity contribution < 1.29 is 9.53 Å². The monoisotopic (exact) mass is 246 g/mol. The average molecular weight is 246 g/mol. The number of carbonyl (C=O) groups excluding carboxylic acids is 1. The molecule has 0 heterocycles. The third kappa shape index (κ3) is 9.86. The Bertz CT molecular complexity index is 222. The SMILES string of the molecule is COCC(C)CC(=O)NCCCCC(N)=S. The molecule has 0 saturated heterocycles. The second-order valence-electron chi connectivity index (χ2n) is 4.04. The van der Waals surface area contributed by atoms with Gasteiger partial charge in [0.15, 0.2) is 0 Å². The lowest BCUT2D eigenvalue weighted by Gasteiger charge is -2.10. The van der Waals surface area contributed by atoms with Crippen LogP contribution in [-0.2, 0) is 9.53 Å². The van der Waals surface area contributed by atoms with E-state index in [2.05, 4.69) is 5.32 Å². The second-order valence-corrected chi connectivity index (χ2v) is 4.56. The van der Waals surface area contributed by atoms with Crippen molar-refractivity contribution in [1.29, 1.82) is 0 Å². The van der Waals surface area contributed by atoms with Crippen molar-refractivity contribution in [2.24, 2.45) is 11.7 Å². The summed E-state index contributed by atoms with van der Waals surface area (Å²) >= 11 is 4.76. The van der Waals surface area contributed by atoms with E-state index < -0.39 is 0 Å². The number of ether oxygens (including phenoxy) is 1. The highest BCUT2D eigenvalue weighted by molar-refractivity contribution is 7.80. The molecule has 0 aliphatic rings. The molecule has 0 aliphatic heterocycles. The second kappa shape index (κ2) is 9.54. The van der Waals surface area contributed by atoms with Gasteiger partial charge in [0, 0.05) is 26.7 Å². The normalized spacial score (nSPS) is 12.1. The van der Waals surface area contributed by atoms with Gasteiger partial charge in [-0.15, -0.1) is 0 Å². The summed E-state index contributed by atoms with van der Waals surface area (Å²) in [6.45, 7) is 3.31. The summed E-state index contributed by atoms with van der Waals surface area (Å²) in [5, 5.41) is 2.87. The van der Waals surface area contributed by atoms with E-state index in [-0.39, 0.29) is 11.8 Å². The Morgan fingerprint density at radius 1 is 1.50 bits per heavy atom. The number of carbonyl (C=O) groups is 1. The number of rotatable bonds is 9. The molecule has 0 aromatic rings. The van der Waals surface area contributed by atoms with Gasteiger partial charge in [0.1, 0.15) is 0 Å². The number of methoxy groups -OCH3 is 1. The molecular formula is C11H22N2O2S. The molecular weight excluding hydrogens is 224 g/mol. The Hall–Kier alpha value is -0.680. The van der Waals surface area contributed by atoms with Gasteiger partial charge in [0.05, 0.1) is 4.99 Å². The Balaban J connectivity index is 3.40. The number of nitrogens with one attached hydrogen (secondary N) is 1. The van der Waals surface area contributed by atoms with Crippen LogP contribution in [-0.4, -0.2) is 31.2 Å². The zero-order valence-electron chi connectivity index (χ0n) is 10.1. The van der Waals surface area contributed by atoms with E-state index in [1.165, 1.54) is 0 Å². The van der Waals surface area contributed by atoms with Gasteiger partial charge >= 0.3 is 0 Å². The van der Waals surface area contributed by atoms with E-state index in [4.69, 9.17) is 22.7 Å². The molecule has 16 heavy (non-hydrogen) atoms. The summed E-state index contributed by atoms with van der Waals surface area (Å²) in [5.41, 5.74) is 5.36. The number of nitrogens with two attached hydrogens (primary N) is 1. The molecule has 0 aromatic heterocycles. The summed E-state index contributed by atoms with van der Waals surface area (Å²) in [6, 6.07) is 0. The van der Waals surface area contributed by atoms with Crippen LogP contribution < -0.4 is 11.1 Å². The van der Waals surface area contributed by atoms with Crippen LogP contribution in [0.15, 0.2) is 0 Å². The first-order valence-electron chi connectivity index (χ1n) is 5.60. The van der Waals surface area contributed by atoms with E-state index in [9.17, 15) is 4.79 Å². The van der Waals surface area contributed by atoms with Crippen LogP contribution in [0.25, 0.3) is 0 Å². The van der Waals surface area contributed by atoms with Gasteiger partial charge in [0.2, 0.25) is 5.91 Å². The number of unbranched alkanes of at least 4 members (excludes halogenated alkanes) is 1. The van der Waals surface area contributed by atoms with Gasteiger partial charge in [-0.1, -0.05) is 19.1 Å². The lowest BCUT2D eigenvalue weighted by atomic mass is 10.1. The first-order valence-corrected chi connectivity index (χ1v) is 6.01. The molecule has 0 bridgehead atoms. The van der Waals surface area contributed by atoms with Crippen LogP contribution in [0, 0.1) is 5.92 Å². The maximum atomic E-state index is 11.4. The van der Waals surface area contributed by atoms with E-state index in [1.807, 2.05) is 6.92 Å². The van der Waals surface area contributed by atoms with Gasteiger partial charge in [-0.05, 0) is 25.2 Å². The van der Waals surface area contributed by atoms with Crippen molar-refractivity contribution in [3.63, 3.8) is 0 Å². The molecule has 0 radical (unpaired) electrons. The molecule has 1 unspecified atom stereocenters. The molecule has 0 saturated carbocycles. The first kappa shape index (κ1) is 15.3. The van der Waals surface area contributed by atoms with Gasteiger partial charge in [-0.25, -0.2) is 0 Å². The van der Waals surface area contributed by atoms with E-state index in [0.717, 1.165) is 19.3 Å². The fraction of sp³-hybridized carbons (Fsp3) is 0.818.